The summed E-state index contributed by atoms with van der Waals surface area (Å²) in [6, 6.07) is 13.7. The second kappa shape index (κ2) is 6.74. The number of amides is 1. The number of carbonyl (C=O) groups is 1. The van der Waals surface area contributed by atoms with Gasteiger partial charge in [0.1, 0.15) is 5.76 Å². The molecule has 0 saturated carbocycles. The highest BCUT2D eigenvalue weighted by Gasteiger charge is 2.35. The zero-order valence-corrected chi connectivity index (χ0v) is 15.1. The molecule has 0 aliphatic carbocycles. The van der Waals surface area contributed by atoms with Crippen molar-refractivity contribution in [1.82, 2.24) is 10.2 Å². The van der Waals surface area contributed by atoms with Gasteiger partial charge in [0.2, 0.25) is 0 Å². The summed E-state index contributed by atoms with van der Waals surface area (Å²) in [5.74, 6) is 1.52. The first-order chi connectivity index (χ1) is 13.3. The van der Waals surface area contributed by atoms with Gasteiger partial charge in [-0.25, -0.2) is 0 Å². The van der Waals surface area contributed by atoms with Gasteiger partial charge in [-0.2, -0.15) is 0 Å². The Labute approximate surface area is 158 Å². The minimum atomic E-state index is -0.124. The van der Waals surface area contributed by atoms with Crippen molar-refractivity contribution in [3.8, 4) is 22.5 Å². The Bertz CT molecular complexity index is 936. The molecule has 3 saturated heterocycles. The molecule has 1 N–H and O–H groups in total. The SMILES string of the molecule is O=C(N[C@H]1CN2CCC1CC2)c1ccc(-c2ccccc2-c2ccoc2)o1. The van der Waals surface area contributed by atoms with Crippen molar-refractivity contribution in [3.05, 3.63) is 60.8 Å². The molecule has 138 valence electrons. The molecule has 0 spiro atoms. The number of carbonyl (C=O) groups excluding carboxylic acids is 1. The first kappa shape index (κ1) is 16.4. The van der Waals surface area contributed by atoms with Crippen LogP contribution in [-0.4, -0.2) is 36.5 Å². The van der Waals surface area contributed by atoms with Gasteiger partial charge in [-0.3, -0.25) is 4.79 Å². The third-order valence-electron chi connectivity index (χ3n) is 5.83. The highest BCUT2D eigenvalue weighted by atomic mass is 16.4. The highest BCUT2D eigenvalue weighted by molar-refractivity contribution is 5.93. The maximum absolute atomic E-state index is 12.7. The zero-order valence-electron chi connectivity index (χ0n) is 15.1. The van der Waals surface area contributed by atoms with Crippen LogP contribution in [0.4, 0.5) is 0 Å². The van der Waals surface area contributed by atoms with Crippen molar-refractivity contribution in [1.29, 1.82) is 0 Å². The third kappa shape index (κ3) is 3.08. The summed E-state index contributed by atoms with van der Waals surface area (Å²) in [4.78, 5) is 15.1. The lowest BCUT2D eigenvalue weighted by molar-refractivity contribution is 0.0606. The van der Waals surface area contributed by atoms with Crippen LogP contribution < -0.4 is 5.32 Å². The summed E-state index contributed by atoms with van der Waals surface area (Å²) >= 11 is 0. The van der Waals surface area contributed by atoms with Crippen LogP contribution in [0.2, 0.25) is 0 Å². The van der Waals surface area contributed by atoms with Crippen molar-refractivity contribution in [2.75, 3.05) is 19.6 Å². The Morgan fingerprint density at radius 3 is 2.56 bits per heavy atom. The molecule has 27 heavy (non-hydrogen) atoms. The molecule has 1 amide bonds. The summed E-state index contributed by atoms with van der Waals surface area (Å²) in [6.45, 7) is 3.27. The lowest BCUT2D eigenvalue weighted by atomic mass is 9.84. The summed E-state index contributed by atoms with van der Waals surface area (Å²) in [5.41, 5.74) is 2.95. The van der Waals surface area contributed by atoms with Gasteiger partial charge in [-0.05, 0) is 55.6 Å². The predicted octanol–water partition coefficient (Wildman–Crippen LogP) is 4.03. The van der Waals surface area contributed by atoms with Crippen LogP contribution in [0.25, 0.3) is 22.5 Å². The van der Waals surface area contributed by atoms with E-state index in [1.165, 1.54) is 12.8 Å². The Kier molecular flexibility index (Phi) is 4.09. The van der Waals surface area contributed by atoms with Gasteiger partial charge in [0.05, 0.1) is 12.5 Å². The average molecular weight is 362 g/mol. The maximum atomic E-state index is 12.7. The Hall–Kier alpha value is -2.79. The normalized spacial score (nSPS) is 24.1. The summed E-state index contributed by atoms with van der Waals surface area (Å²) < 4.78 is 11.1. The zero-order chi connectivity index (χ0) is 18.2. The van der Waals surface area contributed by atoms with Gasteiger partial charge < -0.3 is 19.1 Å². The molecule has 5 heterocycles. The van der Waals surface area contributed by atoms with Crippen molar-refractivity contribution in [3.63, 3.8) is 0 Å². The lowest BCUT2D eigenvalue weighted by Gasteiger charge is -2.44. The Morgan fingerprint density at radius 1 is 1.04 bits per heavy atom. The van der Waals surface area contributed by atoms with E-state index in [-0.39, 0.29) is 11.9 Å². The molecule has 0 unspecified atom stereocenters. The van der Waals surface area contributed by atoms with Crippen LogP contribution in [0.3, 0.4) is 0 Å². The molecule has 3 aliphatic heterocycles. The molecule has 3 aromatic rings. The van der Waals surface area contributed by atoms with E-state index in [0.29, 0.717) is 17.4 Å². The van der Waals surface area contributed by atoms with E-state index < -0.39 is 0 Å². The summed E-state index contributed by atoms with van der Waals surface area (Å²) in [5, 5.41) is 3.18. The van der Waals surface area contributed by atoms with Crippen molar-refractivity contribution in [2.45, 2.75) is 18.9 Å². The highest BCUT2D eigenvalue weighted by Crippen LogP contribution is 2.33. The molecule has 2 bridgehead atoms. The van der Waals surface area contributed by atoms with E-state index in [2.05, 4.69) is 10.2 Å². The van der Waals surface area contributed by atoms with E-state index >= 15 is 0 Å². The predicted molar refractivity (Wildman–Crippen MR) is 102 cm³/mol. The van der Waals surface area contributed by atoms with Crippen LogP contribution in [0.15, 0.2) is 63.8 Å². The molecular formula is C22H22N2O3. The number of piperidine rings is 3. The van der Waals surface area contributed by atoms with Gasteiger partial charge in [-0.1, -0.05) is 24.3 Å². The fourth-order valence-electron chi connectivity index (χ4n) is 4.34. The average Bonchev–Trinajstić information content (AvgIpc) is 3.41. The summed E-state index contributed by atoms with van der Waals surface area (Å²) in [7, 11) is 0. The number of fused-ring (bicyclic) bond motifs is 3. The fraction of sp³-hybridized carbons (Fsp3) is 0.318. The number of rotatable bonds is 4. The van der Waals surface area contributed by atoms with Crippen molar-refractivity contribution < 1.29 is 13.6 Å². The molecule has 1 aromatic carbocycles. The molecule has 0 radical (unpaired) electrons. The second-order valence-corrected chi connectivity index (χ2v) is 7.44. The van der Waals surface area contributed by atoms with Crippen LogP contribution in [0.1, 0.15) is 23.4 Å². The molecule has 5 heteroatoms. The molecular weight excluding hydrogens is 340 g/mol. The van der Waals surface area contributed by atoms with E-state index in [1.807, 2.05) is 36.4 Å². The number of benzene rings is 1. The number of furan rings is 2. The minimum Gasteiger partial charge on any atom is -0.472 e. The standard InChI is InChI=1S/C22H22N2O3/c25-22(23-19-13-24-10-7-15(19)8-11-24)21-6-5-20(27-21)18-4-2-1-3-17(18)16-9-12-26-14-16/h1-6,9,12,14-15,19H,7-8,10-11,13H2,(H,23,25)/t19-/m0/s1. The van der Waals surface area contributed by atoms with Gasteiger partial charge >= 0.3 is 0 Å². The van der Waals surface area contributed by atoms with Crippen molar-refractivity contribution in [2.24, 2.45) is 5.92 Å². The van der Waals surface area contributed by atoms with Crippen LogP contribution in [0, 0.1) is 5.92 Å². The second-order valence-electron chi connectivity index (χ2n) is 7.44. The maximum Gasteiger partial charge on any atom is 0.287 e. The van der Waals surface area contributed by atoms with E-state index in [0.717, 1.165) is 36.3 Å². The first-order valence-corrected chi connectivity index (χ1v) is 9.53. The Morgan fingerprint density at radius 2 is 1.85 bits per heavy atom. The smallest absolute Gasteiger partial charge is 0.287 e. The number of hydrogen-bond donors (Lipinski definition) is 1. The topological polar surface area (TPSA) is 58.6 Å². The molecule has 2 aromatic heterocycles. The largest absolute Gasteiger partial charge is 0.472 e. The van der Waals surface area contributed by atoms with Crippen molar-refractivity contribution >= 4 is 5.91 Å². The fourth-order valence-corrected chi connectivity index (χ4v) is 4.34. The minimum absolute atomic E-state index is 0.124. The molecule has 5 nitrogen and oxygen atoms in total. The number of nitrogens with zero attached hydrogens (tertiary/aromatic N) is 1. The number of hydrogen-bond acceptors (Lipinski definition) is 4. The van der Waals surface area contributed by atoms with Crippen LogP contribution >= 0.6 is 0 Å². The Balaban J connectivity index is 1.37. The first-order valence-electron chi connectivity index (χ1n) is 9.53. The van der Waals surface area contributed by atoms with Gasteiger partial charge in [-0.15, -0.1) is 0 Å². The molecule has 6 rings (SSSR count). The number of nitrogens with one attached hydrogen (secondary N) is 1. The van der Waals surface area contributed by atoms with Crippen LogP contribution in [0.5, 0.6) is 0 Å². The van der Waals surface area contributed by atoms with Crippen LogP contribution in [-0.2, 0) is 0 Å². The molecule has 3 aliphatic rings. The third-order valence-corrected chi connectivity index (χ3v) is 5.83. The van der Waals surface area contributed by atoms with E-state index in [1.54, 1.807) is 18.6 Å². The lowest BCUT2D eigenvalue weighted by Crippen LogP contribution is -2.57. The van der Waals surface area contributed by atoms with Gasteiger partial charge in [0.25, 0.3) is 5.91 Å². The molecule has 3 fully saturated rings. The molecule has 1 atom stereocenters. The van der Waals surface area contributed by atoms with Gasteiger partial charge in [0.15, 0.2) is 5.76 Å². The monoisotopic (exact) mass is 362 g/mol. The van der Waals surface area contributed by atoms with E-state index in [9.17, 15) is 4.79 Å². The van der Waals surface area contributed by atoms with Gasteiger partial charge in [0, 0.05) is 23.7 Å². The summed E-state index contributed by atoms with van der Waals surface area (Å²) in [6.07, 6.45) is 5.71. The quantitative estimate of drug-likeness (QED) is 0.761. The van der Waals surface area contributed by atoms with E-state index in [4.69, 9.17) is 8.83 Å².